The van der Waals surface area contributed by atoms with E-state index in [1.165, 1.54) is 21.7 Å². The van der Waals surface area contributed by atoms with Crippen molar-refractivity contribution in [3.05, 3.63) is 45.1 Å². The Bertz CT molecular complexity index is 1150. The summed E-state index contributed by atoms with van der Waals surface area (Å²) >= 11 is 1.27. The number of aryl methyl sites for hydroxylation is 1. The van der Waals surface area contributed by atoms with E-state index in [0.29, 0.717) is 30.1 Å². The molecule has 0 atom stereocenters. The van der Waals surface area contributed by atoms with Crippen molar-refractivity contribution in [2.75, 3.05) is 31.2 Å². The van der Waals surface area contributed by atoms with Gasteiger partial charge in [-0.1, -0.05) is 13.8 Å². The number of anilines is 1. The van der Waals surface area contributed by atoms with Crippen LogP contribution in [-0.2, 0) is 26.5 Å². The summed E-state index contributed by atoms with van der Waals surface area (Å²) in [7, 11) is -6.91. The maximum Gasteiger partial charge on any atom is 0.265 e. The molecule has 0 bridgehead atoms. The number of rotatable bonds is 10. The molecule has 0 aliphatic heterocycles. The highest BCUT2D eigenvalue weighted by Crippen LogP contribution is 2.27. The average Bonchev–Trinajstić information content (AvgIpc) is 3.14. The number of amides is 1. The van der Waals surface area contributed by atoms with Crippen LogP contribution in [0, 0.1) is 13.8 Å². The second-order valence-electron chi connectivity index (χ2n) is 7.14. The molecule has 1 aromatic carbocycles. The van der Waals surface area contributed by atoms with Crippen LogP contribution in [0.25, 0.3) is 0 Å². The zero-order valence-corrected chi connectivity index (χ0v) is 20.8. The standard InChI is InChI=1S/C20H29N3O5S3/c1-6-23(7-2)31(27,28)17-12-14(3)15(4)18(13-17)22-20(24)19-9-8-16(29-19)10-11-21-30(5,25)26/h8-9,12-13,21H,6-7,10-11H2,1-5H3,(H,22,24). The third-order valence-electron chi connectivity index (χ3n) is 4.85. The molecule has 1 heterocycles. The highest BCUT2D eigenvalue weighted by atomic mass is 32.2. The minimum Gasteiger partial charge on any atom is -0.321 e. The van der Waals surface area contributed by atoms with Crippen molar-refractivity contribution >= 4 is 43.0 Å². The number of nitrogens with one attached hydrogen (secondary N) is 2. The van der Waals surface area contributed by atoms with E-state index in [1.807, 2.05) is 13.8 Å². The summed E-state index contributed by atoms with van der Waals surface area (Å²) in [6.45, 7) is 8.18. The number of carbonyl (C=O) groups is 1. The summed E-state index contributed by atoms with van der Waals surface area (Å²) in [6, 6.07) is 6.58. The lowest BCUT2D eigenvalue weighted by Gasteiger charge is -2.20. The molecule has 31 heavy (non-hydrogen) atoms. The molecule has 1 amide bonds. The SMILES string of the molecule is CCN(CC)S(=O)(=O)c1cc(C)c(C)c(NC(=O)c2ccc(CCNS(C)(=O)=O)s2)c1. The Balaban J connectivity index is 2.23. The number of hydrogen-bond donors (Lipinski definition) is 2. The van der Waals surface area contributed by atoms with Gasteiger partial charge in [0.2, 0.25) is 20.0 Å². The molecule has 2 N–H and O–H groups in total. The van der Waals surface area contributed by atoms with Crippen molar-refractivity contribution in [3.8, 4) is 0 Å². The van der Waals surface area contributed by atoms with Crippen LogP contribution in [0.3, 0.4) is 0 Å². The van der Waals surface area contributed by atoms with Gasteiger partial charge in [0.1, 0.15) is 0 Å². The number of benzene rings is 1. The molecule has 0 aliphatic carbocycles. The molecular weight excluding hydrogens is 458 g/mol. The Morgan fingerprint density at radius 1 is 1.06 bits per heavy atom. The molecular formula is C20H29N3O5S3. The molecule has 0 radical (unpaired) electrons. The lowest BCUT2D eigenvalue weighted by atomic mass is 10.1. The van der Waals surface area contributed by atoms with Crippen molar-refractivity contribution in [3.63, 3.8) is 0 Å². The predicted octanol–water partition coefficient (Wildman–Crippen LogP) is 2.74. The Hall–Kier alpha value is -1.79. The quantitative estimate of drug-likeness (QED) is 0.535. The van der Waals surface area contributed by atoms with Gasteiger partial charge in [-0.3, -0.25) is 4.79 Å². The summed E-state index contributed by atoms with van der Waals surface area (Å²) < 4.78 is 51.9. The highest BCUT2D eigenvalue weighted by molar-refractivity contribution is 7.89. The zero-order valence-electron chi connectivity index (χ0n) is 18.4. The smallest absolute Gasteiger partial charge is 0.265 e. The van der Waals surface area contributed by atoms with Crippen LogP contribution in [0.1, 0.15) is 39.5 Å². The monoisotopic (exact) mass is 487 g/mol. The third-order valence-corrected chi connectivity index (χ3v) is 8.75. The fourth-order valence-electron chi connectivity index (χ4n) is 3.00. The Morgan fingerprint density at radius 3 is 2.29 bits per heavy atom. The van der Waals surface area contributed by atoms with E-state index < -0.39 is 20.0 Å². The summed E-state index contributed by atoms with van der Waals surface area (Å²) in [5.74, 6) is -0.341. The average molecular weight is 488 g/mol. The van der Waals surface area contributed by atoms with Gasteiger partial charge in [0, 0.05) is 30.2 Å². The summed E-state index contributed by atoms with van der Waals surface area (Å²) in [4.78, 5) is 14.2. The first-order valence-electron chi connectivity index (χ1n) is 9.85. The molecule has 0 unspecified atom stereocenters. The lowest BCUT2D eigenvalue weighted by Crippen LogP contribution is -2.30. The van der Waals surface area contributed by atoms with E-state index >= 15 is 0 Å². The fourth-order valence-corrected chi connectivity index (χ4v) is 5.94. The Kier molecular flexibility index (Phi) is 8.40. The number of nitrogens with zero attached hydrogens (tertiary/aromatic N) is 1. The van der Waals surface area contributed by atoms with Crippen LogP contribution in [0.4, 0.5) is 5.69 Å². The zero-order chi connectivity index (χ0) is 23.4. The molecule has 2 aromatic rings. The van der Waals surface area contributed by atoms with Gasteiger partial charge in [-0.05, 0) is 55.7 Å². The normalized spacial score (nSPS) is 12.3. The van der Waals surface area contributed by atoms with Crippen molar-refractivity contribution in [2.24, 2.45) is 0 Å². The Morgan fingerprint density at radius 2 is 1.71 bits per heavy atom. The van der Waals surface area contributed by atoms with Crippen LogP contribution in [0.2, 0.25) is 0 Å². The van der Waals surface area contributed by atoms with E-state index in [2.05, 4.69) is 10.0 Å². The van der Waals surface area contributed by atoms with E-state index in [1.54, 1.807) is 32.0 Å². The molecule has 0 spiro atoms. The van der Waals surface area contributed by atoms with Gasteiger partial charge >= 0.3 is 0 Å². The predicted molar refractivity (Wildman–Crippen MR) is 125 cm³/mol. The van der Waals surface area contributed by atoms with Gasteiger partial charge in [-0.25, -0.2) is 21.6 Å². The molecule has 0 saturated heterocycles. The number of sulfonamides is 2. The Labute approximate surface area is 188 Å². The molecule has 0 aliphatic rings. The number of hydrogen-bond acceptors (Lipinski definition) is 6. The van der Waals surface area contributed by atoms with Gasteiger partial charge in [-0.15, -0.1) is 11.3 Å². The van der Waals surface area contributed by atoms with E-state index in [-0.39, 0.29) is 17.3 Å². The second-order valence-corrected chi connectivity index (χ2v) is 12.1. The maximum atomic E-state index is 12.9. The minimum absolute atomic E-state index is 0.147. The molecule has 11 heteroatoms. The molecule has 8 nitrogen and oxygen atoms in total. The van der Waals surface area contributed by atoms with Gasteiger partial charge in [-0.2, -0.15) is 4.31 Å². The van der Waals surface area contributed by atoms with Gasteiger partial charge in [0.05, 0.1) is 16.0 Å². The van der Waals surface area contributed by atoms with E-state index in [4.69, 9.17) is 0 Å². The lowest BCUT2D eigenvalue weighted by molar-refractivity contribution is 0.103. The van der Waals surface area contributed by atoms with Crippen LogP contribution in [-0.4, -0.2) is 52.9 Å². The van der Waals surface area contributed by atoms with Gasteiger partial charge < -0.3 is 5.32 Å². The van der Waals surface area contributed by atoms with Crippen molar-refractivity contribution < 1.29 is 21.6 Å². The first kappa shape index (κ1) is 25.5. The van der Waals surface area contributed by atoms with Crippen molar-refractivity contribution in [1.29, 1.82) is 0 Å². The van der Waals surface area contributed by atoms with Crippen LogP contribution in [0.15, 0.2) is 29.2 Å². The van der Waals surface area contributed by atoms with Crippen LogP contribution in [0.5, 0.6) is 0 Å². The fraction of sp³-hybridized carbons (Fsp3) is 0.450. The molecule has 0 saturated carbocycles. The minimum atomic E-state index is -3.65. The third kappa shape index (κ3) is 6.59. The van der Waals surface area contributed by atoms with Crippen LogP contribution < -0.4 is 10.0 Å². The van der Waals surface area contributed by atoms with Crippen molar-refractivity contribution in [2.45, 2.75) is 39.0 Å². The highest BCUT2D eigenvalue weighted by Gasteiger charge is 2.24. The number of thiophene rings is 1. The maximum absolute atomic E-state index is 12.9. The van der Waals surface area contributed by atoms with E-state index in [9.17, 15) is 21.6 Å². The molecule has 172 valence electrons. The molecule has 0 fully saturated rings. The largest absolute Gasteiger partial charge is 0.321 e. The van der Waals surface area contributed by atoms with Gasteiger partial charge in [0.25, 0.3) is 5.91 Å². The van der Waals surface area contributed by atoms with Crippen molar-refractivity contribution in [1.82, 2.24) is 9.03 Å². The topological polar surface area (TPSA) is 113 Å². The summed E-state index contributed by atoms with van der Waals surface area (Å²) in [5.41, 5.74) is 2.01. The molecule has 2 rings (SSSR count). The number of carbonyl (C=O) groups excluding carboxylic acids is 1. The van der Waals surface area contributed by atoms with E-state index in [0.717, 1.165) is 22.3 Å². The first-order chi connectivity index (χ1) is 14.4. The second kappa shape index (κ2) is 10.2. The molecule has 1 aromatic heterocycles. The summed E-state index contributed by atoms with van der Waals surface area (Å²) in [6.07, 6.45) is 1.57. The van der Waals surface area contributed by atoms with Crippen LogP contribution >= 0.6 is 11.3 Å². The summed E-state index contributed by atoms with van der Waals surface area (Å²) in [5, 5.41) is 2.83. The van der Waals surface area contributed by atoms with Gasteiger partial charge in [0.15, 0.2) is 0 Å². The first-order valence-corrected chi connectivity index (χ1v) is 14.0.